The third-order valence-electron chi connectivity index (χ3n) is 3.38. The molecule has 22 heavy (non-hydrogen) atoms. The summed E-state index contributed by atoms with van der Waals surface area (Å²) in [6.45, 7) is 2.78. The van der Waals surface area contributed by atoms with Crippen molar-refractivity contribution >= 4 is 23.4 Å². The third-order valence-corrected chi connectivity index (χ3v) is 4.23. The van der Waals surface area contributed by atoms with Gasteiger partial charge in [-0.05, 0) is 31.9 Å². The SMILES string of the molecule is Cc1ccc(NC(=O)CSc2n[nH]c(C3CCCO3)n2)cc1. The van der Waals surface area contributed by atoms with Crippen molar-refractivity contribution in [3.05, 3.63) is 35.7 Å². The molecule has 1 fully saturated rings. The van der Waals surface area contributed by atoms with Gasteiger partial charge in [-0.2, -0.15) is 0 Å². The predicted molar refractivity (Wildman–Crippen MR) is 84.8 cm³/mol. The predicted octanol–water partition coefficient (Wildman–Crippen LogP) is 2.70. The lowest BCUT2D eigenvalue weighted by atomic mass is 10.2. The van der Waals surface area contributed by atoms with E-state index in [0.29, 0.717) is 5.16 Å². The van der Waals surface area contributed by atoms with E-state index in [1.807, 2.05) is 31.2 Å². The highest BCUT2D eigenvalue weighted by atomic mass is 32.2. The van der Waals surface area contributed by atoms with Crippen LogP contribution >= 0.6 is 11.8 Å². The molecule has 0 bridgehead atoms. The smallest absolute Gasteiger partial charge is 0.234 e. The summed E-state index contributed by atoms with van der Waals surface area (Å²) in [5, 5.41) is 10.4. The summed E-state index contributed by atoms with van der Waals surface area (Å²) >= 11 is 1.31. The molecule has 0 radical (unpaired) electrons. The van der Waals surface area contributed by atoms with Crippen molar-refractivity contribution in [1.82, 2.24) is 15.2 Å². The van der Waals surface area contributed by atoms with Gasteiger partial charge in [0, 0.05) is 12.3 Å². The number of amides is 1. The standard InChI is InChI=1S/C15H18N4O2S/c1-10-4-6-11(7-5-10)16-13(20)9-22-15-17-14(18-19-15)12-3-2-8-21-12/h4-7,12H,2-3,8-9H2,1H3,(H,16,20)(H,17,18,19). The Labute approximate surface area is 133 Å². The first kappa shape index (κ1) is 15.1. The number of carbonyl (C=O) groups is 1. The summed E-state index contributed by atoms with van der Waals surface area (Å²) in [5.74, 6) is 0.952. The largest absolute Gasteiger partial charge is 0.370 e. The number of aromatic nitrogens is 3. The summed E-state index contributed by atoms with van der Waals surface area (Å²) in [4.78, 5) is 16.3. The molecule has 0 spiro atoms. The summed E-state index contributed by atoms with van der Waals surface area (Å²) in [6.07, 6.45) is 2.03. The molecular formula is C15H18N4O2S. The lowest BCUT2D eigenvalue weighted by Gasteiger charge is -2.04. The maximum Gasteiger partial charge on any atom is 0.234 e. The molecule has 116 valence electrons. The zero-order valence-electron chi connectivity index (χ0n) is 12.3. The molecule has 1 aliphatic rings. The lowest BCUT2D eigenvalue weighted by molar-refractivity contribution is -0.113. The zero-order chi connectivity index (χ0) is 15.4. The molecule has 1 aromatic heterocycles. The first-order valence-corrected chi connectivity index (χ1v) is 8.22. The number of rotatable bonds is 5. The van der Waals surface area contributed by atoms with Crippen LogP contribution in [0.4, 0.5) is 5.69 Å². The Hall–Kier alpha value is -1.86. The highest BCUT2D eigenvalue weighted by Crippen LogP contribution is 2.26. The summed E-state index contributed by atoms with van der Waals surface area (Å²) in [6, 6.07) is 7.71. The Morgan fingerprint density at radius 2 is 2.27 bits per heavy atom. The van der Waals surface area contributed by atoms with Gasteiger partial charge in [0.25, 0.3) is 0 Å². The van der Waals surface area contributed by atoms with Crippen LogP contribution in [0.25, 0.3) is 0 Å². The van der Waals surface area contributed by atoms with Crippen molar-refractivity contribution < 1.29 is 9.53 Å². The number of carbonyl (C=O) groups excluding carboxylic acids is 1. The molecular weight excluding hydrogens is 300 g/mol. The van der Waals surface area contributed by atoms with Crippen LogP contribution in [-0.2, 0) is 9.53 Å². The first-order valence-electron chi connectivity index (χ1n) is 7.24. The van der Waals surface area contributed by atoms with Crippen molar-refractivity contribution in [2.75, 3.05) is 17.7 Å². The van der Waals surface area contributed by atoms with Gasteiger partial charge in [0.1, 0.15) is 6.10 Å². The van der Waals surface area contributed by atoms with Crippen molar-refractivity contribution in [3.63, 3.8) is 0 Å². The summed E-state index contributed by atoms with van der Waals surface area (Å²) < 4.78 is 5.54. The van der Waals surface area contributed by atoms with Crippen LogP contribution in [0.15, 0.2) is 29.4 Å². The number of nitrogens with zero attached hydrogens (tertiary/aromatic N) is 2. The summed E-state index contributed by atoms with van der Waals surface area (Å²) in [7, 11) is 0. The van der Waals surface area contributed by atoms with Gasteiger partial charge in [0.15, 0.2) is 5.82 Å². The van der Waals surface area contributed by atoms with Gasteiger partial charge in [-0.15, -0.1) is 5.10 Å². The molecule has 0 saturated carbocycles. The first-order chi connectivity index (χ1) is 10.7. The zero-order valence-corrected chi connectivity index (χ0v) is 13.2. The Morgan fingerprint density at radius 3 is 3.00 bits per heavy atom. The summed E-state index contributed by atoms with van der Waals surface area (Å²) in [5.41, 5.74) is 1.96. The normalized spacial score (nSPS) is 17.6. The van der Waals surface area contributed by atoms with Gasteiger partial charge >= 0.3 is 0 Å². The number of anilines is 1. The van der Waals surface area contributed by atoms with Gasteiger partial charge in [-0.1, -0.05) is 29.5 Å². The molecule has 6 nitrogen and oxygen atoms in total. The minimum Gasteiger partial charge on any atom is -0.370 e. The fourth-order valence-corrected chi connectivity index (χ4v) is 2.83. The average Bonchev–Trinajstić information content (AvgIpc) is 3.18. The van der Waals surface area contributed by atoms with Crippen molar-refractivity contribution in [2.24, 2.45) is 0 Å². The maximum absolute atomic E-state index is 11.9. The Bertz CT molecular complexity index is 635. The molecule has 1 atom stereocenters. The topological polar surface area (TPSA) is 79.9 Å². The molecule has 1 saturated heterocycles. The van der Waals surface area contributed by atoms with Crippen molar-refractivity contribution in [1.29, 1.82) is 0 Å². The van der Waals surface area contributed by atoms with Crippen LogP contribution in [0.2, 0.25) is 0 Å². The number of H-pyrrole nitrogens is 1. The van der Waals surface area contributed by atoms with E-state index in [1.165, 1.54) is 11.8 Å². The van der Waals surface area contributed by atoms with Crippen LogP contribution in [0.1, 0.15) is 30.3 Å². The van der Waals surface area contributed by atoms with Crippen LogP contribution in [0.3, 0.4) is 0 Å². The van der Waals surface area contributed by atoms with E-state index < -0.39 is 0 Å². The number of hydrogen-bond donors (Lipinski definition) is 2. The number of thioether (sulfide) groups is 1. The Morgan fingerprint density at radius 1 is 1.45 bits per heavy atom. The van der Waals surface area contributed by atoms with Crippen LogP contribution in [0, 0.1) is 6.92 Å². The van der Waals surface area contributed by atoms with Gasteiger partial charge in [0.2, 0.25) is 11.1 Å². The number of aryl methyl sites for hydroxylation is 1. The molecule has 7 heteroatoms. The second-order valence-corrected chi connectivity index (χ2v) is 6.15. The molecule has 1 aliphatic heterocycles. The van der Waals surface area contributed by atoms with Crippen LogP contribution in [-0.4, -0.2) is 33.4 Å². The van der Waals surface area contributed by atoms with Gasteiger partial charge < -0.3 is 10.1 Å². The van der Waals surface area contributed by atoms with Gasteiger partial charge in [-0.25, -0.2) is 4.98 Å². The molecule has 3 rings (SSSR count). The second kappa shape index (κ2) is 6.93. The minimum atomic E-state index is -0.0719. The van der Waals surface area contributed by atoms with E-state index in [4.69, 9.17) is 4.74 Å². The molecule has 1 aromatic carbocycles. The number of nitrogens with one attached hydrogen (secondary N) is 2. The lowest BCUT2D eigenvalue weighted by Crippen LogP contribution is -2.14. The fraction of sp³-hybridized carbons (Fsp3) is 0.400. The van der Waals surface area contributed by atoms with E-state index in [2.05, 4.69) is 20.5 Å². The fourth-order valence-electron chi connectivity index (χ4n) is 2.22. The number of benzene rings is 1. The molecule has 2 N–H and O–H groups in total. The van der Waals surface area contributed by atoms with E-state index >= 15 is 0 Å². The molecule has 2 heterocycles. The third kappa shape index (κ3) is 3.86. The van der Waals surface area contributed by atoms with E-state index in [-0.39, 0.29) is 17.8 Å². The number of ether oxygens (including phenoxy) is 1. The number of aromatic amines is 1. The van der Waals surface area contributed by atoms with Crippen molar-refractivity contribution in [3.8, 4) is 0 Å². The molecule has 0 aliphatic carbocycles. The van der Waals surface area contributed by atoms with Crippen LogP contribution < -0.4 is 5.32 Å². The van der Waals surface area contributed by atoms with E-state index in [0.717, 1.165) is 36.5 Å². The van der Waals surface area contributed by atoms with E-state index in [1.54, 1.807) is 0 Å². The van der Waals surface area contributed by atoms with Crippen molar-refractivity contribution in [2.45, 2.75) is 31.0 Å². The molecule has 1 amide bonds. The maximum atomic E-state index is 11.9. The van der Waals surface area contributed by atoms with Crippen LogP contribution in [0.5, 0.6) is 0 Å². The van der Waals surface area contributed by atoms with Gasteiger partial charge in [0.05, 0.1) is 5.75 Å². The van der Waals surface area contributed by atoms with Gasteiger partial charge in [-0.3, -0.25) is 9.89 Å². The van der Waals surface area contributed by atoms with E-state index in [9.17, 15) is 4.79 Å². The monoisotopic (exact) mass is 318 g/mol. The quantitative estimate of drug-likeness (QED) is 0.829. The number of hydrogen-bond acceptors (Lipinski definition) is 5. The Kier molecular flexibility index (Phi) is 4.74. The minimum absolute atomic E-state index is 0.0169. The second-order valence-electron chi connectivity index (χ2n) is 5.21. The highest BCUT2D eigenvalue weighted by molar-refractivity contribution is 7.99. The highest BCUT2D eigenvalue weighted by Gasteiger charge is 2.21. The molecule has 2 aromatic rings. The average molecular weight is 318 g/mol. The molecule has 1 unspecified atom stereocenters. The Balaban J connectivity index is 1.49.